The van der Waals surface area contributed by atoms with E-state index in [1.54, 1.807) is 19.1 Å². The van der Waals surface area contributed by atoms with Gasteiger partial charge in [0.1, 0.15) is 11.8 Å². The molecule has 0 fully saturated rings. The molecule has 0 aliphatic rings. The molecule has 1 aromatic rings. The fourth-order valence-corrected chi connectivity index (χ4v) is 2.07. The Hall–Kier alpha value is -2.77. The van der Waals surface area contributed by atoms with Gasteiger partial charge < -0.3 is 15.8 Å². The fourth-order valence-electron chi connectivity index (χ4n) is 2.07. The number of hydrazine groups is 1. The molecule has 1 aromatic carbocycles. The maximum absolute atomic E-state index is 12.1. The molecule has 8 nitrogen and oxygen atoms in total. The van der Waals surface area contributed by atoms with Crippen LogP contribution in [-0.4, -0.2) is 30.5 Å². The molecular formula is C17H26N4O4. The van der Waals surface area contributed by atoms with Crippen molar-refractivity contribution in [1.82, 2.24) is 16.2 Å². The monoisotopic (exact) mass is 350 g/mol. The van der Waals surface area contributed by atoms with Crippen LogP contribution in [-0.2, 0) is 16.0 Å². The molecule has 8 heteroatoms. The molecule has 0 unspecified atom stereocenters. The third-order valence-electron chi connectivity index (χ3n) is 3.82. The maximum atomic E-state index is 12.1. The Morgan fingerprint density at radius 1 is 1.12 bits per heavy atom. The van der Waals surface area contributed by atoms with Crippen molar-refractivity contribution < 1.29 is 19.1 Å². The van der Waals surface area contributed by atoms with E-state index in [0.717, 1.165) is 6.42 Å². The summed E-state index contributed by atoms with van der Waals surface area (Å²) in [4.78, 5) is 34.9. The van der Waals surface area contributed by atoms with Crippen molar-refractivity contribution >= 4 is 17.8 Å². The van der Waals surface area contributed by atoms with Gasteiger partial charge in [-0.25, -0.2) is 4.79 Å². The van der Waals surface area contributed by atoms with E-state index >= 15 is 0 Å². The second kappa shape index (κ2) is 10.2. The van der Waals surface area contributed by atoms with Crippen molar-refractivity contribution in [2.75, 3.05) is 6.61 Å². The number of aryl methyl sites for hydroxylation is 1. The van der Waals surface area contributed by atoms with Gasteiger partial charge in [0.25, 0.3) is 11.8 Å². The average molecular weight is 350 g/mol. The molecule has 0 aliphatic carbocycles. The molecule has 25 heavy (non-hydrogen) atoms. The number of carbonyl (C=O) groups is 3. The van der Waals surface area contributed by atoms with Gasteiger partial charge in [0, 0.05) is 0 Å². The van der Waals surface area contributed by atoms with Crippen LogP contribution in [0.3, 0.4) is 0 Å². The van der Waals surface area contributed by atoms with Crippen LogP contribution in [0.5, 0.6) is 5.75 Å². The lowest BCUT2D eigenvalue weighted by atomic mass is 9.99. The van der Waals surface area contributed by atoms with E-state index in [4.69, 9.17) is 10.5 Å². The highest BCUT2D eigenvalue weighted by Crippen LogP contribution is 2.12. The molecule has 2 atom stereocenters. The minimum atomic E-state index is -0.828. The van der Waals surface area contributed by atoms with Crippen LogP contribution >= 0.6 is 0 Å². The van der Waals surface area contributed by atoms with Crippen molar-refractivity contribution in [3.05, 3.63) is 29.8 Å². The number of nitrogens with one attached hydrogen (secondary N) is 3. The SMILES string of the molecule is CCc1ccc(OCC(=O)NNC(=O)[C@@H](NC(N)=O)[C@@H](C)CC)cc1. The van der Waals surface area contributed by atoms with E-state index in [2.05, 4.69) is 16.2 Å². The Morgan fingerprint density at radius 3 is 2.28 bits per heavy atom. The predicted octanol–water partition coefficient (Wildman–Crippen LogP) is 0.858. The zero-order valence-corrected chi connectivity index (χ0v) is 14.8. The predicted molar refractivity (Wildman–Crippen MR) is 93.6 cm³/mol. The van der Waals surface area contributed by atoms with Crippen molar-refractivity contribution in [2.45, 2.75) is 39.7 Å². The fraction of sp³-hybridized carbons (Fsp3) is 0.471. The Labute approximate surface area is 147 Å². The number of rotatable bonds is 8. The van der Waals surface area contributed by atoms with Crippen LogP contribution in [0.15, 0.2) is 24.3 Å². The van der Waals surface area contributed by atoms with Gasteiger partial charge >= 0.3 is 6.03 Å². The summed E-state index contributed by atoms with van der Waals surface area (Å²) in [5, 5.41) is 2.37. The Balaban J connectivity index is 2.45. The average Bonchev–Trinajstić information content (AvgIpc) is 2.62. The van der Waals surface area contributed by atoms with Crippen LogP contribution in [0, 0.1) is 5.92 Å². The number of benzene rings is 1. The van der Waals surface area contributed by atoms with Crippen LogP contribution < -0.4 is 26.6 Å². The molecule has 0 bridgehead atoms. The quantitative estimate of drug-likeness (QED) is 0.519. The van der Waals surface area contributed by atoms with E-state index in [0.29, 0.717) is 12.2 Å². The van der Waals surface area contributed by atoms with E-state index in [1.165, 1.54) is 5.56 Å². The highest BCUT2D eigenvalue weighted by atomic mass is 16.5. The zero-order valence-electron chi connectivity index (χ0n) is 14.8. The van der Waals surface area contributed by atoms with E-state index in [9.17, 15) is 14.4 Å². The molecule has 4 amide bonds. The molecule has 0 heterocycles. The smallest absolute Gasteiger partial charge is 0.312 e. The summed E-state index contributed by atoms with van der Waals surface area (Å²) in [6, 6.07) is 5.76. The maximum Gasteiger partial charge on any atom is 0.312 e. The standard InChI is InChI=1S/C17H26N4O4/c1-4-11(3)15(19-17(18)24)16(23)21-20-14(22)10-25-13-8-6-12(5-2)7-9-13/h6-9,11,15H,4-5,10H2,1-3H3,(H,20,22)(H,21,23)(H3,18,19,24)/t11-,15-/m0/s1. The van der Waals surface area contributed by atoms with Gasteiger partial charge in [0.15, 0.2) is 6.61 Å². The number of hydrogen-bond donors (Lipinski definition) is 4. The van der Waals surface area contributed by atoms with Crippen molar-refractivity contribution in [1.29, 1.82) is 0 Å². The molecule has 5 N–H and O–H groups in total. The number of urea groups is 1. The summed E-state index contributed by atoms with van der Waals surface area (Å²) < 4.78 is 5.34. The molecule has 1 rings (SSSR count). The van der Waals surface area contributed by atoms with E-state index < -0.39 is 23.9 Å². The largest absolute Gasteiger partial charge is 0.484 e. The first-order valence-electron chi connectivity index (χ1n) is 8.23. The van der Waals surface area contributed by atoms with Crippen LogP contribution in [0.2, 0.25) is 0 Å². The highest BCUT2D eigenvalue weighted by Gasteiger charge is 2.25. The molecule has 138 valence electrons. The summed E-state index contributed by atoms with van der Waals surface area (Å²) in [7, 11) is 0. The lowest BCUT2D eigenvalue weighted by Gasteiger charge is -2.22. The zero-order chi connectivity index (χ0) is 18.8. The second-order valence-corrected chi connectivity index (χ2v) is 5.70. The first-order valence-corrected chi connectivity index (χ1v) is 8.23. The Morgan fingerprint density at radius 2 is 1.76 bits per heavy atom. The summed E-state index contributed by atoms with van der Waals surface area (Å²) in [6.45, 7) is 5.48. The van der Waals surface area contributed by atoms with Crippen LogP contribution in [0.4, 0.5) is 4.79 Å². The van der Waals surface area contributed by atoms with E-state index in [1.807, 2.05) is 26.0 Å². The Kier molecular flexibility index (Phi) is 8.25. The second-order valence-electron chi connectivity index (χ2n) is 5.70. The first kappa shape index (κ1) is 20.3. The highest BCUT2D eigenvalue weighted by molar-refractivity contribution is 5.88. The molecule has 0 spiro atoms. The minimum absolute atomic E-state index is 0.141. The number of ether oxygens (including phenoxy) is 1. The van der Waals surface area contributed by atoms with Gasteiger partial charge in [-0.1, -0.05) is 39.3 Å². The third-order valence-corrected chi connectivity index (χ3v) is 3.82. The van der Waals surface area contributed by atoms with Gasteiger partial charge in [-0.2, -0.15) is 0 Å². The number of carbonyl (C=O) groups excluding carboxylic acids is 3. The van der Waals surface area contributed by atoms with Crippen molar-refractivity contribution in [2.24, 2.45) is 11.7 Å². The van der Waals surface area contributed by atoms with Crippen LogP contribution in [0.25, 0.3) is 0 Å². The number of hydrogen-bond acceptors (Lipinski definition) is 4. The van der Waals surface area contributed by atoms with Gasteiger partial charge in [0.2, 0.25) is 0 Å². The van der Waals surface area contributed by atoms with Gasteiger partial charge in [-0.15, -0.1) is 0 Å². The number of primary amides is 1. The molecule has 0 saturated carbocycles. The lowest BCUT2D eigenvalue weighted by Crippen LogP contribution is -2.56. The van der Waals surface area contributed by atoms with Crippen molar-refractivity contribution in [3.63, 3.8) is 0 Å². The minimum Gasteiger partial charge on any atom is -0.484 e. The summed E-state index contributed by atoms with van der Waals surface area (Å²) in [5.74, 6) is -0.645. The molecule has 0 aliphatic heterocycles. The molecular weight excluding hydrogens is 324 g/mol. The third kappa shape index (κ3) is 7.11. The normalized spacial score (nSPS) is 12.6. The molecule has 0 radical (unpaired) electrons. The molecule has 0 saturated heterocycles. The topological polar surface area (TPSA) is 123 Å². The van der Waals surface area contributed by atoms with Gasteiger partial charge in [0.05, 0.1) is 0 Å². The summed E-state index contributed by atoms with van der Waals surface area (Å²) in [5.41, 5.74) is 10.8. The van der Waals surface area contributed by atoms with Crippen LogP contribution in [0.1, 0.15) is 32.8 Å². The summed E-state index contributed by atoms with van der Waals surface area (Å²) in [6.07, 6.45) is 1.58. The lowest BCUT2D eigenvalue weighted by molar-refractivity contribution is -0.131. The number of amides is 4. The first-order chi connectivity index (χ1) is 11.9. The van der Waals surface area contributed by atoms with Crippen molar-refractivity contribution in [3.8, 4) is 5.75 Å². The Bertz CT molecular complexity index is 589. The molecule has 0 aromatic heterocycles. The summed E-state index contributed by atoms with van der Waals surface area (Å²) >= 11 is 0. The van der Waals surface area contributed by atoms with Gasteiger partial charge in [-0.3, -0.25) is 20.4 Å². The van der Waals surface area contributed by atoms with Gasteiger partial charge in [-0.05, 0) is 30.0 Å². The number of nitrogens with two attached hydrogens (primary N) is 1. The van der Waals surface area contributed by atoms with E-state index in [-0.39, 0.29) is 12.5 Å².